The van der Waals surface area contributed by atoms with Gasteiger partial charge in [0.15, 0.2) is 0 Å². The van der Waals surface area contributed by atoms with Gasteiger partial charge in [-0.05, 0) is 19.9 Å². The van der Waals surface area contributed by atoms with Crippen LogP contribution in [0.4, 0.5) is 5.82 Å². The fourth-order valence-corrected chi connectivity index (χ4v) is 2.70. The Labute approximate surface area is 125 Å². The van der Waals surface area contributed by atoms with Gasteiger partial charge in [0.1, 0.15) is 11.5 Å². The molecule has 0 saturated carbocycles. The molecule has 0 fully saturated rings. The molecule has 108 valence electrons. The van der Waals surface area contributed by atoms with Gasteiger partial charge in [0.05, 0.1) is 16.9 Å². The molecular weight excluding hydrogens is 286 g/mol. The highest BCUT2D eigenvalue weighted by molar-refractivity contribution is 7.09. The van der Waals surface area contributed by atoms with E-state index in [1.165, 1.54) is 0 Å². The fraction of sp³-hybridized carbons (Fsp3) is 0.214. The number of aryl methyl sites for hydroxylation is 3. The Hall–Kier alpha value is -2.41. The maximum absolute atomic E-state index is 12.3. The summed E-state index contributed by atoms with van der Waals surface area (Å²) >= 11 is 1.59. The third-order valence-electron chi connectivity index (χ3n) is 3.22. The molecule has 0 aromatic carbocycles. The molecule has 0 radical (unpaired) electrons. The van der Waals surface area contributed by atoms with E-state index in [1.807, 2.05) is 38.5 Å². The first kappa shape index (κ1) is 13.6. The van der Waals surface area contributed by atoms with Crippen molar-refractivity contribution in [3.05, 3.63) is 40.1 Å². The standard InChI is InChI=1S/C14H15N5OS/c1-8-5-15-18-13(8)17-14(20)12-4-10(6-19(12)3)11-7-21-9(2)16-11/h4-7H,1-3H3,(H2,15,17,18,20). The van der Waals surface area contributed by atoms with Crippen molar-refractivity contribution in [3.8, 4) is 11.3 Å². The number of anilines is 1. The molecule has 0 bridgehead atoms. The number of nitrogens with one attached hydrogen (secondary N) is 2. The quantitative estimate of drug-likeness (QED) is 0.781. The second-order valence-corrected chi connectivity index (χ2v) is 5.92. The van der Waals surface area contributed by atoms with E-state index >= 15 is 0 Å². The Kier molecular flexibility index (Phi) is 3.34. The zero-order valence-corrected chi connectivity index (χ0v) is 12.8. The summed E-state index contributed by atoms with van der Waals surface area (Å²) in [6, 6.07) is 1.84. The summed E-state index contributed by atoms with van der Waals surface area (Å²) in [5.74, 6) is 0.440. The summed E-state index contributed by atoms with van der Waals surface area (Å²) in [7, 11) is 1.84. The monoisotopic (exact) mass is 301 g/mol. The van der Waals surface area contributed by atoms with Gasteiger partial charge in [-0.25, -0.2) is 4.98 Å². The first-order valence-corrected chi connectivity index (χ1v) is 7.33. The van der Waals surface area contributed by atoms with Crippen molar-refractivity contribution in [2.24, 2.45) is 7.05 Å². The summed E-state index contributed by atoms with van der Waals surface area (Å²) < 4.78 is 1.80. The number of aromatic amines is 1. The van der Waals surface area contributed by atoms with Crippen LogP contribution in [0, 0.1) is 13.8 Å². The average Bonchev–Trinajstić information content (AvgIpc) is 3.12. The Morgan fingerprint density at radius 3 is 2.86 bits per heavy atom. The number of carbonyl (C=O) groups is 1. The summed E-state index contributed by atoms with van der Waals surface area (Å²) in [6.45, 7) is 3.85. The van der Waals surface area contributed by atoms with Gasteiger partial charge < -0.3 is 9.88 Å². The number of thiazole rings is 1. The van der Waals surface area contributed by atoms with Crippen molar-refractivity contribution in [2.75, 3.05) is 5.32 Å². The van der Waals surface area contributed by atoms with Crippen LogP contribution in [-0.2, 0) is 7.05 Å². The number of carbonyl (C=O) groups excluding carboxylic acids is 1. The number of amides is 1. The Morgan fingerprint density at radius 1 is 1.43 bits per heavy atom. The number of H-pyrrole nitrogens is 1. The van der Waals surface area contributed by atoms with Gasteiger partial charge in [-0.1, -0.05) is 0 Å². The van der Waals surface area contributed by atoms with Crippen LogP contribution < -0.4 is 5.32 Å². The molecule has 0 aliphatic carbocycles. The maximum atomic E-state index is 12.3. The fourth-order valence-electron chi connectivity index (χ4n) is 2.08. The van der Waals surface area contributed by atoms with Gasteiger partial charge in [0, 0.05) is 29.8 Å². The van der Waals surface area contributed by atoms with Crippen LogP contribution in [0.1, 0.15) is 21.1 Å². The normalized spacial score (nSPS) is 10.8. The third kappa shape index (κ3) is 2.59. The van der Waals surface area contributed by atoms with E-state index < -0.39 is 0 Å². The Morgan fingerprint density at radius 2 is 2.24 bits per heavy atom. The van der Waals surface area contributed by atoms with E-state index in [4.69, 9.17) is 0 Å². The Bertz CT molecular complexity index is 798. The van der Waals surface area contributed by atoms with Gasteiger partial charge in [-0.2, -0.15) is 5.10 Å². The van der Waals surface area contributed by atoms with Gasteiger partial charge in [0.2, 0.25) is 0 Å². The molecule has 3 heterocycles. The predicted molar refractivity (Wildman–Crippen MR) is 82.5 cm³/mol. The zero-order valence-electron chi connectivity index (χ0n) is 12.0. The molecule has 0 unspecified atom stereocenters. The van der Waals surface area contributed by atoms with Gasteiger partial charge >= 0.3 is 0 Å². The minimum absolute atomic E-state index is 0.178. The predicted octanol–water partition coefficient (Wildman–Crippen LogP) is 2.74. The van der Waals surface area contributed by atoms with Gasteiger partial charge in [0.25, 0.3) is 5.91 Å². The summed E-state index contributed by atoms with van der Waals surface area (Å²) in [5.41, 5.74) is 3.30. The van der Waals surface area contributed by atoms with Crippen LogP contribution in [0.3, 0.4) is 0 Å². The minimum atomic E-state index is -0.178. The van der Waals surface area contributed by atoms with E-state index in [-0.39, 0.29) is 5.91 Å². The lowest BCUT2D eigenvalue weighted by Gasteiger charge is -2.04. The van der Waals surface area contributed by atoms with Crippen molar-refractivity contribution < 1.29 is 4.79 Å². The molecule has 0 spiro atoms. The molecule has 3 aromatic rings. The molecule has 3 aromatic heterocycles. The summed E-state index contributed by atoms with van der Waals surface area (Å²) in [6.07, 6.45) is 3.58. The smallest absolute Gasteiger partial charge is 0.273 e. The highest BCUT2D eigenvalue weighted by Crippen LogP contribution is 2.24. The lowest BCUT2D eigenvalue weighted by molar-refractivity contribution is 0.101. The Balaban J connectivity index is 1.87. The van der Waals surface area contributed by atoms with Crippen LogP contribution in [0.15, 0.2) is 23.8 Å². The first-order valence-electron chi connectivity index (χ1n) is 6.45. The van der Waals surface area contributed by atoms with Crippen molar-refractivity contribution in [3.63, 3.8) is 0 Å². The molecule has 0 aliphatic heterocycles. The summed E-state index contributed by atoms with van der Waals surface area (Å²) in [4.78, 5) is 16.8. The van der Waals surface area contributed by atoms with Crippen molar-refractivity contribution in [2.45, 2.75) is 13.8 Å². The van der Waals surface area contributed by atoms with E-state index in [0.29, 0.717) is 11.5 Å². The summed E-state index contributed by atoms with van der Waals surface area (Å²) in [5, 5.41) is 12.5. The topological polar surface area (TPSA) is 75.6 Å². The lowest BCUT2D eigenvalue weighted by atomic mass is 10.2. The van der Waals surface area contributed by atoms with Gasteiger partial charge in [-0.15, -0.1) is 11.3 Å². The highest BCUT2D eigenvalue weighted by Gasteiger charge is 2.15. The van der Waals surface area contributed by atoms with Crippen molar-refractivity contribution >= 4 is 23.1 Å². The van der Waals surface area contributed by atoms with E-state index in [2.05, 4.69) is 20.5 Å². The third-order valence-corrected chi connectivity index (χ3v) is 3.99. The molecule has 0 aliphatic rings. The molecule has 21 heavy (non-hydrogen) atoms. The van der Waals surface area contributed by atoms with Gasteiger partial charge in [-0.3, -0.25) is 9.89 Å². The van der Waals surface area contributed by atoms with Crippen molar-refractivity contribution in [1.29, 1.82) is 0 Å². The molecule has 0 atom stereocenters. The van der Waals surface area contributed by atoms with Crippen LogP contribution in [-0.4, -0.2) is 25.7 Å². The van der Waals surface area contributed by atoms with Crippen LogP contribution in [0.25, 0.3) is 11.3 Å². The lowest BCUT2D eigenvalue weighted by Crippen LogP contribution is -2.16. The SMILES string of the molecule is Cc1nc(-c2cc(C(=O)Nc3[nH]ncc3C)n(C)c2)cs1. The molecule has 0 saturated heterocycles. The number of nitrogens with zero attached hydrogens (tertiary/aromatic N) is 3. The van der Waals surface area contributed by atoms with E-state index in [9.17, 15) is 4.79 Å². The molecule has 1 amide bonds. The molecule has 6 nitrogen and oxygen atoms in total. The molecule has 2 N–H and O–H groups in total. The van der Waals surface area contributed by atoms with E-state index in [1.54, 1.807) is 22.1 Å². The van der Waals surface area contributed by atoms with Crippen LogP contribution in [0.5, 0.6) is 0 Å². The largest absolute Gasteiger partial charge is 0.346 e. The maximum Gasteiger partial charge on any atom is 0.273 e. The van der Waals surface area contributed by atoms with Crippen LogP contribution >= 0.6 is 11.3 Å². The number of aromatic nitrogens is 4. The zero-order chi connectivity index (χ0) is 15.0. The van der Waals surface area contributed by atoms with Crippen molar-refractivity contribution in [1.82, 2.24) is 19.7 Å². The van der Waals surface area contributed by atoms with E-state index in [0.717, 1.165) is 21.8 Å². The number of rotatable bonds is 3. The first-order chi connectivity index (χ1) is 10.0. The minimum Gasteiger partial charge on any atom is -0.346 e. The second-order valence-electron chi connectivity index (χ2n) is 4.86. The highest BCUT2D eigenvalue weighted by atomic mass is 32.1. The molecular formula is C14H15N5OS. The number of hydrogen-bond acceptors (Lipinski definition) is 4. The number of hydrogen-bond donors (Lipinski definition) is 2. The molecule has 3 rings (SSSR count). The van der Waals surface area contributed by atoms with Crippen LogP contribution in [0.2, 0.25) is 0 Å². The molecule has 7 heteroatoms. The second kappa shape index (κ2) is 5.17. The average molecular weight is 301 g/mol.